The van der Waals surface area contributed by atoms with Crippen molar-refractivity contribution >= 4 is 24.1 Å². The molecule has 3 N–H and O–H groups in total. The Bertz CT molecular complexity index is 667. The average molecular weight is 409 g/mol. The van der Waals surface area contributed by atoms with Gasteiger partial charge in [0.25, 0.3) is 0 Å². The summed E-state index contributed by atoms with van der Waals surface area (Å²) >= 11 is 0. The molecule has 0 aliphatic carbocycles. The summed E-state index contributed by atoms with van der Waals surface area (Å²) in [7, 11) is 1.28. The Balaban J connectivity index is 2.52. The first-order valence-electron chi connectivity index (χ1n) is 9.18. The summed E-state index contributed by atoms with van der Waals surface area (Å²) in [6.07, 6.45) is -0.816. The second-order valence-corrected chi connectivity index (χ2v) is 5.86. The van der Waals surface area contributed by atoms with Crippen molar-refractivity contribution in [1.82, 2.24) is 16.0 Å². The first-order valence-corrected chi connectivity index (χ1v) is 9.18. The number of rotatable bonds is 11. The number of carbonyl (C=O) groups is 4. The zero-order chi connectivity index (χ0) is 21.5. The highest BCUT2D eigenvalue weighted by molar-refractivity contribution is 5.81. The second kappa shape index (κ2) is 13.8. The summed E-state index contributed by atoms with van der Waals surface area (Å²) in [6, 6.07) is 8.43. The topological polar surface area (TPSA) is 132 Å². The van der Waals surface area contributed by atoms with Gasteiger partial charge in [-0.05, 0) is 25.3 Å². The maximum Gasteiger partial charge on any atom is 0.409 e. The summed E-state index contributed by atoms with van der Waals surface area (Å²) in [4.78, 5) is 46.6. The normalized spacial score (nSPS) is 11.0. The number of ether oxygens (including phenoxy) is 3. The van der Waals surface area contributed by atoms with Crippen molar-refractivity contribution in [1.29, 1.82) is 0 Å². The number of hydrogen-bond donors (Lipinski definition) is 3. The number of urea groups is 1. The molecule has 0 radical (unpaired) electrons. The quantitative estimate of drug-likeness (QED) is 0.286. The Labute approximate surface area is 169 Å². The predicted molar refractivity (Wildman–Crippen MR) is 103 cm³/mol. The van der Waals surface area contributed by atoms with Crippen molar-refractivity contribution in [3.05, 3.63) is 35.9 Å². The third-order valence-electron chi connectivity index (χ3n) is 3.61. The number of benzene rings is 1. The van der Waals surface area contributed by atoms with Gasteiger partial charge in [-0.1, -0.05) is 30.3 Å². The van der Waals surface area contributed by atoms with Crippen LogP contribution in [0, 0.1) is 0 Å². The standard InChI is InChI=1S/C19H27N3O7/c1-3-28-17(24)12-20-18(25)21-15(10-7-11-16(23)27-2)22-19(26)29-13-14-8-5-4-6-9-14/h4-6,8-9,15H,3,7,10-13H2,1-2H3,(H,22,26)(H2,20,21,25). The SMILES string of the molecule is CCOC(=O)CNC(=O)NC(CCCC(=O)OC)NC(=O)OCc1ccccc1. The van der Waals surface area contributed by atoms with E-state index in [2.05, 4.69) is 20.7 Å². The smallest absolute Gasteiger partial charge is 0.409 e. The van der Waals surface area contributed by atoms with E-state index in [-0.39, 0.29) is 32.6 Å². The molecule has 0 aromatic heterocycles. The lowest BCUT2D eigenvalue weighted by molar-refractivity contribution is -0.142. The van der Waals surface area contributed by atoms with Gasteiger partial charge in [-0.15, -0.1) is 0 Å². The molecule has 1 aromatic rings. The third kappa shape index (κ3) is 11.2. The largest absolute Gasteiger partial charge is 0.469 e. The van der Waals surface area contributed by atoms with E-state index in [9.17, 15) is 19.2 Å². The highest BCUT2D eigenvalue weighted by Gasteiger charge is 2.17. The Hall–Kier alpha value is -3.30. The van der Waals surface area contributed by atoms with Crippen molar-refractivity contribution < 1.29 is 33.4 Å². The zero-order valence-corrected chi connectivity index (χ0v) is 16.6. The number of hydrogen-bond acceptors (Lipinski definition) is 7. The minimum Gasteiger partial charge on any atom is -0.469 e. The van der Waals surface area contributed by atoms with Gasteiger partial charge >= 0.3 is 24.1 Å². The molecule has 0 bridgehead atoms. The van der Waals surface area contributed by atoms with Crippen LogP contribution >= 0.6 is 0 Å². The molecule has 3 amide bonds. The van der Waals surface area contributed by atoms with E-state index < -0.39 is 30.2 Å². The third-order valence-corrected chi connectivity index (χ3v) is 3.61. The van der Waals surface area contributed by atoms with E-state index >= 15 is 0 Å². The van der Waals surface area contributed by atoms with Crippen LogP contribution in [0.5, 0.6) is 0 Å². The number of amides is 3. The summed E-state index contributed by atoms with van der Waals surface area (Å²) in [5.41, 5.74) is 0.810. The van der Waals surface area contributed by atoms with Gasteiger partial charge in [0, 0.05) is 6.42 Å². The van der Waals surface area contributed by atoms with Crippen molar-refractivity contribution in [3.8, 4) is 0 Å². The minimum absolute atomic E-state index is 0.0661. The molecule has 1 aromatic carbocycles. The van der Waals surface area contributed by atoms with Gasteiger partial charge in [-0.3, -0.25) is 9.59 Å². The van der Waals surface area contributed by atoms with Gasteiger partial charge in [0.15, 0.2) is 0 Å². The lowest BCUT2D eigenvalue weighted by Gasteiger charge is -2.20. The molecule has 0 saturated carbocycles. The van der Waals surface area contributed by atoms with Crippen molar-refractivity contribution in [2.75, 3.05) is 20.3 Å². The molecule has 0 heterocycles. The molecule has 1 atom stereocenters. The Morgan fingerprint density at radius 1 is 1.00 bits per heavy atom. The van der Waals surface area contributed by atoms with E-state index in [1.165, 1.54) is 7.11 Å². The maximum absolute atomic E-state index is 12.0. The molecule has 29 heavy (non-hydrogen) atoms. The molecule has 0 aliphatic heterocycles. The average Bonchev–Trinajstić information content (AvgIpc) is 2.71. The van der Waals surface area contributed by atoms with Crippen LogP contribution in [-0.2, 0) is 30.4 Å². The van der Waals surface area contributed by atoms with Crippen LogP contribution in [0.25, 0.3) is 0 Å². The second-order valence-electron chi connectivity index (χ2n) is 5.86. The monoisotopic (exact) mass is 409 g/mol. The molecule has 1 rings (SSSR count). The van der Waals surface area contributed by atoms with Gasteiger partial charge in [-0.2, -0.15) is 0 Å². The van der Waals surface area contributed by atoms with Crippen LogP contribution in [0.2, 0.25) is 0 Å². The fraction of sp³-hybridized carbons (Fsp3) is 0.474. The lowest BCUT2D eigenvalue weighted by Crippen LogP contribution is -2.52. The number of methoxy groups -OCH3 is 1. The first kappa shape index (κ1) is 23.7. The van der Waals surface area contributed by atoms with Crippen LogP contribution in [0.1, 0.15) is 31.7 Å². The molecule has 0 aliphatic rings. The molecular formula is C19H27N3O7. The van der Waals surface area contributed by atoms with Gasteiger partial charge in [0.2, 0.25) is 0 Å². The molecule has 10 heteroatoms. The van der Waals surface area contributed by atoms with E-state index in [4.69, 9.17) is 9.47 Å². The van der Waals surface area contributed by atoms with Crippen LogP contribution in [0.4, 0.5) is 9.59 Å². The fourth-order valence-corrected chi connectivity index (χ4v) is 2.21. The minimum atomic E-state index is -0.815. The Morgan fingerprint density at radius 3 is 2.38 bits per heavy atom. The van der Waals surface area contributed by atoms with Gasteiger partial charge in [0.05, 0.1) is 13.7 Å². The number of carbonyl (C=O) groups excluding carboxylic acids is 4. The van der Waals surface area contributed by atoms with Crippen LogP contribution in [0.15, 0.2) is 30.3 Å². The van der Waals surface area contributed by atoms with E-state index in [1.54, 1.807) is 6.92 Å². The van der Waals surface area contributed by atoms with Gasteiger partial charge < -0.3 is 30.2 Å². The number of alkyl carbamates (subject to hydrolysis) is 1. The summed E-state index contributed by atoms with van der Waals surface area (Å²) in [5.74, 6) is -0.984. The zero-order valence-electron chi connectivity index (χ0n) is 16.6. The van der Waals surface area contributed by atoms with E-state index in [0.717, 1.165) is 5.56 Å². The molecule has 10 nitrogen and oxygen atoms in total. The van der Waals surface area contributed by atoms with Gasteiger partial charge in [0.1, 0.15) is 19.3 Å². The van der Waals surface area contributed by atoms with Crippen LogP contribution in [-0.4, -0.2) is 50.5 Å². The summed E-state index contributed by atoms with van der Waals surface area (Å²) in [6.45, 7) is 1.61. The fourth-order valence-electron chi connectivity index (χ4n) is 2.21. The number of esters is 2. The van der Waals surface area contributed by atoms with Crippen LogP contribution in [0.3, 0.4) is 0 Å². The number of nitrogens with one attached hydrogen (secondary N) is 3. The van der Waals surface area contributed by atoms with Crippen molar-refractivity contribution in [2.45, 2.75) is 39.0 Å². The Kier molecular flexibility index (Phi) is 11.3. The summed E-state index contributed by atoms with van der Waals surface area (Å²) < 4.78 is 14.4. The summed E-state index contributed by atoms with van der Waals surface area (Å²) in [5, 5.41) is 7.37. The van der Waals surface area contributed by atoms with Crippen LogP contribution < -0.4 is 16.0 Å². The highest BCUT2D eigenvalue weighted by Crippen LogP contribution is 2.03. The van der Waals surface area contributed by atoms with Gasteiger partial charge in [-0.25, -0.2) is 9.59 Å². The molecule has 0 fully saturated rings. The molecule has 0 saturated heterocycles. The molecular weight excluding hydrogens is 382 g/mol. The lowest BCUT2D eigenvalue weighted by atomic mass is 10.2. The predicted octanol–water partition coefficient (Wildman–Crippen LogP) is 1.44. The highest BCUT2D eigenvalue weighted by atomic mass is 16.5. The molecule has 0 spiro atoms. The van der Waals surface area contributed by atoms with Crippen molar-refractivity contribution in [3.63, 3.8) is 0 Å². The first-order chi connectivity index (χ1) is 13.9. The Morgan fingerprint density at radius 2 is 1.72 bits per heavy atom. The van der Waals surface area contributed by atoms with E-state index in [1.807, 2.05) is 30.3 Å². The van der Waals surface area contributed by atoms with E-state index in [0.29, 0.717) is 6.42 Å². The molecule has 1 unspecified atom stereocenters. The maximum atomic E-state index is 12.0. The molecule has 160 valence electrons. The van der Waals surface area contributed by atoms with Crippen molar-refractivity contribution in [2.24, 2.45) is 0 Å².